The molecule has 19 heteroatoms. The normalized spacial score (nSPS) is 18.4. The number of alkyl halides is 9. The molecule has 0 bridgehead atoms. The maximum Gasteiger partial charge on any atom is 0.416 e. The second kappa shape index (κ2) is 32.1. The van der Waals surface area contributed by atoms with E-state index in [9.17, 15) is 39.5 Å². The highest BCUT2D eigenvalue weighted by atomic mass is 19.4. The fraction of sp³-hybridized carbons (Fsp3) is 0.515. The summed E-state index contributed by atoms with van der Waals surface area (Å²) in [7, 11) is 12.6. The molecule has 4 saturated heterocycles. The number of halogens is 9. The number of aromatic nitrogens is 2. The quantitative estimate of drug-likeness (QED) is 0.118. The van der Waals surface area contributed by atoms with E-state index >= 15 is 0 Å². The van der Waals surface area contributed by atoms with Crippen LogP contribution in [0, 0.1) is 41.5 Å². The highest BCUT2D eigenvalue weighted by Crippen LogP contribution is 2.36. The number of nitrogens with zero attached hydrogens (tertiary/aromatic N) is 10. The average Bonchev–Trinajstić information content (AvgIpc) is 1.94. The van der Waals surface area contributed by atoms with E-state index in [2.05, 4.69) is 123 Å². The lowest BCUT2D eigenvalue weighted by Crippen LogP contribution is -2.44. The molecule has 10 nitrogen and oxygen atoms in total. The third-order valence-corrected chi connectivity index (χ3v) is 16.5. The van der Waals surface area contributed by atoms with Crippen molar-refractivity contribution in [2.24, 2.45) is 0 Å². The molecule has 478 valence electrons. The molecule has 10 rings (SSSR count). The van der Waals surface area contributed by atoms with Crippen LogP contribution in [0.2, 0.25) is 0 Å². The van der Waals surface area contributed by atoms with Gasteiger partial charge in [-0.3, -0.25) is 14.7 Å². The molecule has 4 aliphatic rings. The molecule has 4 aliphatic heterocycles. The van der Waals surface area contributed by atoms with Crippen LogP contribution in [0.25, 0.3) is 0 Å². The van der Waals surface area contributed by atoms with Gasteiger partial charge in [-0.15, -0.1) is 0 Å². The molecule has 6 aromatic rings. The number of imidazole rings is 1. The maximum atomic E-state index is 13.1. The van der Waals surface area contributed by atoms with Crippen molar-refractivity contribution in [1.82, 2.24) is 43.9 Å². The van der Waals surface area contributed by atoms with Crippen molar-refractivity contribution in [3.05, 3.63) is 188 Å². The van der Waals surface area contributed by atoms with Crippen LogP contribution in [-0.4, -0.2) is 177 Å². The predicted octanol–water partition coefficient (Wildman–Crippen LogP) is 13.4. The predicted molar refractivity (Wildman–Crippen MR) is 334 cm³/mol. The number of piperazine rings is 2. The molecule has 0 N–H and O–H groups in total. The summed E-state index contributed by atoms with van der Waals surface area (Å²) < 4.78 is 118. The first kappa shape index (κ1) is 70.3. The van der Waals surface area contributed by atoms with Crippen LogP contribution >= 0.6 is 0 Å². The molecule has 0 amide bonds. The second-order valence-electron chi connectivity index (χ2n) is 24.7. The van der Waals surface area contributed by atoms with E-state index in [1.165, 1.54) is 105 Å². The molecule has 5 aromatic carbocycles. The van der Waals surface area contributed by atoms with Crippen LogP contribution < -0.4 is 4.90 Å². The van der Waals surface area contributed by atoms with Gasteiger partial charge in [-0.2, -0.15) is 39.5 Å². The molecule has 1 aromatic heterocycles. The van der Waals surface area contributed by atoms with Crippen molar-refractivity contribution in [3.63, 3.8) is 0 Å². The van der Waals surface area contributed by atoms with E-state index in [1.54, 1.807) is 56.7 Å². The monoisotopic (exact) mass is 1220 g/mol. The van der Waals surface area contributed by atoms with Crippen molar-refractivity contribution in [2.75, 3.05) is 126 Å². The van der Waals surface area contributed by atoms with Gasteiger partial charge in [-0.1, -0.05) is 95.1 Å². The summed E-state index contributed by atoms with van der Waals surface area (Å²) in [6.45, 7) is 26.1. The highest BCUT2D eigenvalue weighted by molar-refractivity contribution is 5.52. The van der Waals surface area contributed by atoms with Gasteiger partial charge in [-0.05, 0) is 155 Å². The Morgan fingerprint density at radius 2 is 0.862 bits per heavy atom. The van der Waals surface area contributed by atoms with Gasteiger partial charge in [-0.25, -0.2) is 4.98 Å². The lowest BCUT2D eigenvalue weighted by atomic mass is 10.0. The van der Waals surface area contributed by atoms with E-state index in [-0.39, 0.29) is 12.1 Å². The van der Waals surface area contributed by atoms with Gasteiger partial charge in [0.25, 0.3) is 0 Å². The summed E-state index contributed by atoms with van der Waals surface area (Å²) in [6.07, 6.45) is -7.29. The molecular weight excluding hydrogens is 1130 g/mol. The van der Waals surface area contributed by atoms with Crippen molar-refractivity contribution in [2.45, 2.75) is 111 Å². The van der Waals surface area contributed by atoms with Gasteiger partial charge in [0.15, 0.2) is 0 Å². The van der Waals surface area contributed by atoms with E-state index in [0.29, 0.717) is 40.5 Å². The largest absolute Gasteiger partial charge is 0.416 e. The van der Waals surface area contributed by atoms with Crippen LogP contribution in [-0.2, 0) is 44.7 Å². The van der Waals surface area contributed by atoms with Gasteiger partial charge in [0.2, 0.25) is 0 Å². The van der Waals surface area contributed by atoms with E-state index in [4.69, 9.17) is 0 Å². The van der Waals surface area contributed by atoms with Gasteiger partial charge in [0, 0.05) is 129 Å². The summed E-state index contributed by atoms with van der Waals surface area (Å²) in [5.41, 5.74) is 7.93. The first-order valence-electron chi connectivity index (χ1n) is 30.1. The molecule has 0 aliphatic carbocycles. The zero-order valence-corrected chi connectivity index (χ0v) is 53.2. The molecular formula is C68H93F9N10. The minimum absolute atomic E-state index is 0.177. The number of hydrogen-bond donors (Lipinski definition) is 0. The van der Waals surface area contributed by atoms with Gasteiger partial charge in [0.1, 0.15) is 0 Å². The Bertz CT molecular complexity index is 3010. The number of anilines is 1. The summed E-state index contributed by atoms with van der Waals surface area (Å²) in [5.74, 6) is 0. The topological polar surface area (TPSA) is 43.7 Å². The number of benzene rings is 5. The van der Waals surface area contributed by atoms with Crippen molar-refractivity contribution < 1.29 is 39.5 Å². The first-order valence-corrected chi connectivity index (χ1v) is 30.1. The number of rotatable bonds is 11. The Balaban J connectivity index is 0.000000174. The Kier molecular flexibility index (Phi) is 25.9. The van der Waals surface area contributed by atoms with Crippen LogP contribution in [0.1, 0.15) is 85.3 Å². The zero-order valence-electron chi connectivity index (χ0n) is 53.2. The molecule has 87 heavy (non-hydrogen) atoms. The Labute approximate surface area is 512 Å². The lowest BCUT2D eigenvalue weighted by Gasteiger charge is -2.34. The number of hydrogen-bond acceptors (Lipinski definition) is 9. The molecule has 2 atom stereocenters. The van der Waals surface area contributed by atoms with Crippen LogP contribution in [0.4, 0.5) is 45.2 Å². The Morgan fingerprint density at radius 1 is 0.437 bits per heavy atom. The van der Waals surface area contributed by atoms with Crippen molar-refractivity contribution >= 4 is 5.69 Å². The summed E-state index contributed by atoms with van der Waals surface area (Å²) in [5, 5.41) is 0. The number of likely N-dealkylation sites (N-methyl/N-ethyl adjacent to an activating group) is 4. The van der Waals surface area contributed by atoms with E-state index in [0.717, 1.165) is 70.5 Å². The average molecular weight is 1220 g/mol. The van der Waals surface area contributed by atoms with E-state index < -0.39 is 35.2 Å². The SMILES string of the molecule is Cc1cc(N2CCN(C)CC2)cc(C(F)(F)F)c1.Cc1ccc(CN2CCC(N(C)C)C2)c(C(F)(F)F)c1.Cc1ccc(CN2CCC(N(C)C)C2)cc1.Cc1ccc(CN2CCN(C)CC2)cc1.Cc1ccc(Cn2cnc(C)c2)c(C(F)(F)F)c1. The summed E-state index contributed by atoms with van der Waals surface area (Å²) >= 11 is 0. The Morgan fingerprint density at radius 3 is 1.28 bits per heavy atom. The van der Waals surface area contributed by atoms with Crippen LogP contribution in [0.5, 0.6) is 0 Å². The fourth-order valence-corrected chi connectivity index (χ4v) is 11.0. The molecule has 5 heterocycles. The Hall–Kier alpha value is -5.80. The molecule has 2 unspecified atom stereocenters. The number of likely N-dealkylation sites (tertiary alicyclic amines) is 2. The maximum absolute atomic E-state index is 13.1. The molecule has 0 radical (unpaired) electrons. The van der Waals surface area contributed by atoms with Gasteiger partial charge < -0.3 is 29.1 Å². The highest BCUT2D eigenvalue weighted by Gasteiger charge is 2.36. The molecule has 4 fully saturated rings. The van der Waals surface area contributed by atoms with Crippen molar-refractivity contribution in [3.8, 4) is 0 Å². The second-order valence-corrected chi connectivity index (χ2v) is 24.7. The third kappa shape index (κ3) is 23.3. The minimum Gasteiger partial charge on any atom is -0.369 e. The third-order valence-electron chi connectivity index (χ3n) is 16.5. The molecule has 0 saturated carbocycles. The first-order chi connectivity index (χ1) is 40.9. The minimum atomic E-state index is -4.32. The fourth-order valence-electron chi connectivity index (χ4n) is 11.0. The van der Waals surface area contributed by atoms with Crippen LogP contribution in [0.15, 0.2) is 116 Å². The lowest BCUT2D eigenvalue weighted by molar-refractivity contribution is -0.139. The zero-order chi connectivity index (χ0) is 63.8. The summed E-state index contributed by atoms with van der Waals surface area (Å²) in [4.78, 5) is 22.3. The van der Waals surface area contributed by atoms with E-state index in [1.807, 2.05) is 32.1 Å². The summed E-state index contributed by atoms with van der Waals surface area (Å²) in [6, 6.07) is 32.2. The molecule has 0 spiro atoms. The van der Waals surface area contributed by atoms with Gasteiger partial charge in [0.05, 0.1) is 28.7 Å². The number of aryl methyl sites for hydroxylation is 6. The van der Waals surface area contributed by atoms with Crippen molar-refractivity contribution in [1.29, 1.82) is 0 Å². The smallest absolute Gasteiger partial charge is 0.369 e. The standard InChI is InChI=1S/C15H21F3N2.C14H22N2.C13H17F3N2.C13H13F3N2.C13H20N2/c1-11-4-5-12(14(8-11)15(16,17)18)9-20-7-6-13(10-20)19(2)3;1-12-4-6-13(7-5-12)10-16-9-8-14(11-16)15(2)3;1-10-7-11(13(14,15)16)9-12(8-10)18-5-3-17(2)4-6-18;1-9-3-4-11(12(5-9)13(14,15)16)7-18-6-10(2)17-8-18;1-12-3-5-13(6-4-12)11-15-9-7-14(2)8-10-15/h4-5,8,13H,6-7,9-10H2,1-3H3;4-7,14H,8-11H2,1-3H3;7-9H,3-6H2,1-2H3;3-6,8H,7H2,1-2H3;3-6H,7-11H2,1-2H3. The van der Waals surface area contributed by atoms with Crippen LogP contribution in [0.3, 0.4) is 0 Å². The van der Waals surface area contributed by atoms with Gasteiger partial charge >= 0.3 is 18.5 Å².